The van der Waals surface area contributed by atoms with Crippen LogP contribution >= 0.6 is 11.6 Å². The molecule has 14 heavy (non-hydrogen) atoms. The van der Waals surface area contributed by atoms with E-state index in [0.717, 1.165) is 0 Å². The summed E-state index contributed by atoms with van der Waals surface area (Å²) in [5, 5.41) is 9.04. The van der Waals surface area contributed by atoms with Crippen molar-refractivity contribution in [3.63, 3.8) is 0 Å². The first kappa shape index (κ1) is 10.6. The van der Waals surface area contributed by atoms with Crippen molar-refractivity contribution in [2.24, 2.45) is 5.73 Å². The Balaban J connectivity index is 3.28. The number of hydrogen-bond donors (Lipinski definition) is 2. The lowest BCUT2D eigenvalue weighted by molar-refractivity contribution is 0.0697. The highest BCUT2D eigenvalue weighted by atomic mass is 35.5. The summed E-state index contributed by atoms with van der Waals surface area (Å²) in [7, 11) is 0. The number of nitrogens with two attached hydrogens (primary N) is 1. The molecule has 0 saturated heterocycles. The zero-order valence-electron chi connectivity index (χ0n) is 7.25. The number of halogens is 1. The van der Waals surface area contributed by atoms with Crippen molar-refractivity contribution >= 4 is 17.6 Å². The molecule has 0 unspecified atom stereocenters. The minimum atomic E-state index is -1.09. The lowest BCUT2D eigenvalue weighted by Gasteiger charge is -2.00. The first-order valence-electron chi connectivity index (χ1n) is 3.87. The molecule has 1 rings (SSSR count). The second-order valence-corrected chi connectivity index (χ2v) is 2.88. The molecule has 0 bridgehead atoms. The van der Waals surface area contributed by atoms with Crippen molar-refractivity contribution in [1.29, 1.82) is 0 Å². The van der Waals surface area contributed by atoms with Gasteiger partial charge < -0.3 is 10.8 Å². The van der Waals surface area contributed by atoms with Gasteiger partial charge in [-0.1, -0.05) is 29.5 Å². The molecular weight excluding hydrogens is 202 g/mol. The molecule has 0 saturated carbocycles. The Hall–Kier alpha value is -1.50. The van der Waals surface area contributed by atoms with Gasteiger partial charge in [0.1, 0.15) is 0 Å². The highest BCUT2D eigenvalue weighted by Gasteiger charge is 2.12. The highest BCUT2D eigenvalue weighted by molar-refractivity contribution is 6.33. The quantitative estimate of drug-likeness (QED) is 0.687. The van der Waals surface area contributed by atoms with Gasteiger partial charge in [-0.15, -0.1) is 0 Å². The van der Waals surface area contributed by atoms with E-state index < -0.39 is 5.97 Å². The summed E-state index contributed by atoms with van der Waals surface area (Å²) in [4.78, 5) is 10.8. The minimum absolute atomic E-state index is 0.0233. The van der Waals surface area contributed by atoms with Crippen LogP contribution in [0.2, 0.25) is 5.02 Å². The van der Waals surface area contributed by atoms with Crippen LogP contribution in [-0.2, 0) is 0 Å². The van der Waals surface area contributed by atoms with Crippen LogP contribution in [0.4, 0.5) is 0 Å². The van der Waals surface area contributed by atoms with Crippen molar-refractivity contribution in [3.8, 4) is 11.8 Å². The molecule has 1 aromatic rings. The Kier molecular flexibility index (Phi) is 3.52. The van der Waals surface area contributed by atoms with Crippen LogP contribution < -0.4 is 5.73 Å². The van der Waals surface area contributed by atoms with E-state index in [4.69, 9.17) is 22.4 Å². The SMILES string of the molecule is NCC#Cc1cccc(Cl)c1C(=O)O. The van der Waals surface area contributed by atoms with Gasteiger partial charge in [0.15, 0.2) is 0 Å². The van der Waals surface area contributed by atoms with Gasteiger partial charge in [-0.3, -0.25) is 0 Å². The molecule has 0 atom stereocenters. The molecule has 0 aliphatic rings. The molecule has 0 spiro atoms. The maximum atomic E-state index is 10.8. The molecule has 0 radical (unpaired) electrons. The van der Waals surface area contributed by atoms with E-state index in [0.29, 0.717) is 5.56 Å². The molecule has 0 fully saturated rings. The fourth-order valence-corrected chi connectivity index (χ4v) is 1.25. The standard InChI is InChI=1S/C10H8ClNO2/c11-8-5-1-3-7(4-2-6-12)9(8)10(13)14/h1,3,5H,6,12H2,(H,13,14). The first-order valence-corrected chi connectivity index (χ1v) is 4.25. The number of carbonyl (C=O) groups is 1. The number of carboxylic acid groups (broad SMARTS) is 1. The van der Waals surface area contributed by atoms with Crippen molar-refractivity contribution in [2.75, 3.05) is 6.54 Å². The zero-order valence-corrected chi connectivity index (χ0v) is 8.01. The van der Waals surface area contributed by atoms with Gasteiger partial charge >= 0.3 is 5.97 Å². The molecule has 0 amide bonds. The van der Waals surface area contributed by atoms with E-state index >= 15 is 0 Å². The van der Waals surface area contributed by atoms with Crippen LogP contribution in [-0.4, -0.2) is 17.6 Å². The van der Waals surface area contributed by atoms with E-state index in [-0.39, 0.29) is 17.1 Å². The van der Waals surface area contributed by atoms with Crippen molar-refractivity contribution < 1.29 is 9.90 Å². The lowest BCUT2D eigenvalue weighted by Crippen LogP contribution is -2.01. The molecule has 3 nitrogen and oxygen atoms in total. The Bertz CT molecular complexity index is 418. The largest absolute Gasteiger partial charge is 0.478 e. The third kappa shape index (κ3) is 2.25. The maximum Gasteiger partial charge on any atom is 0.338 e. The van der Waals surface area contributed by atoms with E-state index in [9.17, 15) is 4.79 Å². The number of benzene rings is 1. The predicted molar refractivity (Wildman–Crippen MR) is 54.3 cm³/mol. The molecule has 0 aliphatic heterocycles. The summed E-state index contributed by atoms with van der Waals surface area (Å²) in [6.45, 7) is 0.186. The van der Waals surface area contributed by atoms with Crippen molar-refractivity contribution in [3.05, 3.63) is 34.3 Å². The van der Waals surface area contributed by atoms with E-state index in [1.165, 1.54) is 6.07 Å². The molecule has 0 aliphatic carbocycles. The first-order chi connectivity index (χ1) is 6.66. The lowest BCUT2D eigenvalue weighted by atomic mass is 10.1. The van der Waals surface area contributed by atoms with E-state index in [2.05, 4.69) is 11.8 Å². The van der Waals surface area contributed by atoms with Crippen molar-refractivity contribution in [1.82, 2.24) is 0 Å². The van der Waals surface area contributed by atoms with Gasteiger partial charge in [0.2, 0.25) is 0 Å². The van der Waals surface area contributed by atoms with Gasteiger partial charge in [0, 0.05) is 5.56 Å². The van der Waals surface area contributed by atoms with Crippen LogP contribution in [0.15, 0.2) is 18.2 Å². The summed E-state index contributed by atoms with van der Waals surface area (Å²) in [5.74, 6) is 4.15. The van der Waals surface area contributed by atoms with Gasteiger partial charge in [-0.25, -0.2) is 4.79 Å². The Morgan fingerprint density at radius 2 is 2.29 bits per heavy atom. The summed E-state index contributed by atoms with van der Waals surface area (Å²) in [6.07, 6.45) is 0. The summed E-state index contributed by atoms with van der Waals surface area (Å²) >= 11 is 5.72. The molecule has 0 heterocycles. The smallest absolute Gasteiger partial charge is 0.338 e. The predicted octanol–water partition coefficient (Wildman–Crippen LogP) is 1.35. The van der Waals surface area contributed by atoms with Gasteiger partial charge in [0.25, 0.3) is 0 Å². The fraction of sp³-hybridized carbons (Fsp3) is 0.100. The van der Waals surface area contributed by atoms with Crippen LogP contribution in [0, 0.1) is 11.8 Å². The summed E-state index contributed by atoms with van der Waals surface area (Å²) in [6, 6.07) is 4.76. The molecule has 3 N–H and O–H groups in total. The molecule has 4 heteroatoms. The molecule has 0 aromatic heterocycles. The maximum absolute atomic E-state index is 10.8. The Morgan fingerprint density at radius 1 is 1.57 bits per heavy atom. The third-order valence-corrected chi connectivity index (χ3v) is 1.87. The summed E-state index contributed by atoms with van der Waals surface area (Å²) in [5.41, 5.74) is 5.59. The van der Waals surface area contributed by atoms with Gasteiger partial charge in [-0.05, 0) is 12.1 Å². The fourth-order valence-electron chi connectivity index (χ4n) is 0.992. The second-order valence-electron chi connectivity index (χ2n) is 2.47. The second kappa shape index (κ2) is 4.66. The number of carboxylic acids is 1. The van der Waals surface area contributed by atoms with Gasteiger partial charge in [0.05, 0.1) is 17.1 Å². The van der Waals surface area contributed by atoms with E-state index in [1.54, 1.807) is 12.1 Å². The number of aromatic carboxylic acids is 1. The van der Waals surface area contributed by atoms with E-state index in [1.807, 2.05) is 0 Å². The monoisotopic (exact) mass is 209 g/mol. The highest BCUT2D eigenvalue weighted by Crippen LogP contribution is 2.19. The van der Waals surface area contributed by atoms with Crippen molar-refractivity contribution in [2.45, 2.75) is 0 Å². The average molecular weight is 210 g/mol. The molecule has 72 valence electrons. The zero-order chi connectivity index (χ0) is 10.6. The Labute approximate surface area is 86.5 Å². The van der Waals surface area contributed by atoms with Crippen LogP contribution in [0.25, 0.3) is 0 Å². The third-order valence-electron chi connectivity index (χ3n) is 1.55. The van der Waals surface area contributed by atoms with Crippen LogP contribution in [0.5, 0.6) is 0 Å². The topological polar surface area (TPSA) is 63.3 Å². The molecular formula is C10H8ClNO2. The summed E-state index contributed by atoms with van der Waals surface area (Å²) < 4.78 is 0. The molecule has 1 aromatic carbocycles. The van der Waals surface area contributed by atoms with Crippen LogP contribution in [0.1, 0.15) is 15.9 Å². The normalized spacial score (nSPS) is 9.00. The number of hydrogen-bond acceptors (Lipinski definition) is 2. The number of rotatable bonds is 1. The van der Waals surface area contributed by atoms with Crippen LogP contribution in [0.3, 0.4) is 0 Å². The van der Waals surface area contributed by atoms with Gasteiger partial charge in [-0.2, -0.15) is 0 Å². The minimum Gasteiger partial charge on any atom is -0.478 e. The average Bonchev–Trinajstić information content (AvgIpc) is 2.14. The Morgan fingerprint density at radius 3 is 2.86 bits per heavy atom.